The molecule has 1 aliphatic heterocycles. The van der Waals surface area contributed by atoms with Crippen molar-refractivity contribution in [2.24, 2.45) is 0 Å². The van der Waals surface area contributed by atoms with Crippen LogP contribution in [-0.4, -0.2) is 23.5 Å². The Bertz CT molecular complexity index is 1010. The number of carbonyl (C=O) groups is 1. The maximum absolute atomic E-state index is 14.4. The van der Waals surface area contributed by atoms with Gasteiger partial charge in [0.2, 0.25) is 0 Å². The molecule has 3 aromatic rings. The molecule has 2 N–H and O–H groups in total. The Balaban J connectivity index is 1.56. The van der Waals surface area contributed by atoms with E-state index >= 15 is 0 Å². The van der Waals surface area contributed by atoms with Crippen molar-refractivity contribution in [3.05, 3.63) is 44.6 Å². The summed E-state index contributed by atoms with van der Waals surface area (Å²) in [6, 6.07) is 4.74. The number of anilines is 1. The first-order valence-corrected chi connectivity index (χ1v) is 10.4. The lowest BCUT2D eigenvalue weighted by Gasteiger charge is -2.27. The van der Waals surface area contributed by atoms with Crippen LogP contribution in [0.5, 0.6) is 0 Å². The summed E-state index contributed by atoms with van der Waals surface area (Å²) in [6.45, 7) is 4.79. The number of halogens is 2. The van der Waals surface area contributed by atoms with E-state index in [4.69, 9.17) is 0 Å². The molecule has 0 saturated carbocycles. The number of amides is 1. The predicted octanol–water partition coefficient (Wildman–Crippen LogP) is 5.05. The molecule has 27 heavy (non-hydrogen) atoms. The van der Waals surface area contributed by atoms with Crippen LogP contribution in [0.1, 0.15) is 45.2 Å². The number of rotatable bonds is 3. The summed E-state index contributed by atoms with van der Waals surface area (Å²) in [5.41, 5.74) is 0.596. The predicted molar refractivity (Wildman–Crippen MR) is 106 cm³/mol. The normalized spacial score (nSPS) is 20.1. The molecule has 1 saturated heterocycles. The lowest BCUT2D eigenvalue weighted by Crippen LogP contribution is -2.34. The fourth-order valence-corrected chi connectivity index (χ4v) is 5.45. The first-order chi connectivity index (χ1) is 12.9. The Morgan fingerprint density at radius 3 is 2.85 bits per heavy atom. The highest BCUT2D eigenvalue weighted by molar-refractivity contribution is 7.18. The number of nitrogens with one attached hydrogen (secondary N) is 2. The molecule has 1 fully saturated rings. The number of aryl methyl sites for hydroxylation is 1. The van der Waals surface area contributed by atoms with Crippen molar-refractivity contribution in [3.63, 3.8) is 0 Å². The average Bonchev–Trinajstić information content (AvgIpc) is 3.17. The number of hydrogen-bond acceptors (Lipinski definition) is 5. The van der Waals surface area contributed by atoms with Crippen LogP contribution in [0.25, 0.3) is 10.2 Å². The fraction of sp³-hybridized carbons (Fsp3) is 0.368. The van der Waals surface area contributed by atoms with Crippen molar-refractivity contribution in [1.82, 2.24) is 10.3 Å². The highest BCUT2D eigenvalue weighted by Gasteiger charge is 2.25. The second-order valence-corrected chi connectivity index (χ2v) is 9.21. The highest BCUT2D eigenvalue weighted by atomic mass is 32.1. The Kier molecular flexibility index (Phi) is 4.96. The number of fused-ring (bicyclic) bond motifs is 1. The quantitative estimate of drug-likeness (QED) is 0.639. The second-order valence-electron chi connectivity index (χ2n) is 6.89. The van der Waals surface area contributed by atoms with Crippen LogP contribution in [0.3, 0.4) is 0 Å². The SMILES string of the molecule is Cc1nc2c(F)cc(NC(=O)c3sc(C4CCNC(C)C4)cc3F)cc2s1. The lowest BCUT2D eigenvalue weighted by atomic mass is 9.92. The molecule has 1 amide bonds. The molecule has 4 nitrogen and oxygen atoms in total. The van der Waals surface area contributed by atoms with Crippen LogP contribution in [0.4, 0.5) is 14.5 Å². The Morgan fingerprint density at radius 1 is 1.26 bits per heavy atom. The molecule has 0 spiro atoms. The average molecular weight is 408 g/mol. The van der Waals surface area contributed by atoms with Gasteiger partial charge in [-0.2, -0.15) is 0 Å². The van der Waals surface area contributed by atoms with Gasteiger partial charge in [-0.1, -0.05) is 0 Å². The fourth-order valence-electron chi connectivity index (χ4n) is 3.49. The maximum atomic E-state index is 14.4. The maximum Gasteiger partial charge on any atom is 0.268 e. The number of thiazole rings is 1. The van der Waals surface area contributed by atoms with Gasteiger partial charge in [-0.3, -0.25) is 4.79 Å². The van der Waals surface area contributed by atoms with Crippen molar-refractivity contribution in [1.29, 1.82) is 0 Å². The standard InChI is InChI=1S/C19H19F2N3OS2/c1-9-5-11(3-4-22-9)15-8-14(21)18(27-15)19(25)24-12-6-13(20)17-16(7-12)26-10(2)23-17/h6-9,11,22H,3-5H2,1-2H3,(H,24,25). The second kappa shape index (κ2) is 7.26. The van der Waals surface area contributed by atoms with E-state index in [9.17, 15) is 13.6 Å². The zero-order chi connectivity index (χ0) is 19.1. The van der Waals surface area contributed by atoms with E-state index in [2.05, 4.69) is 22.5 Å². The first kappa shape index (κ1) is 18.5. The van der Waals surface area contributed by atoms with Crippen LogP contribution in [0.2, 0.25) is 0 Å². The number of thiophene rings is 1. The molecule has 2 unspecified atom stereocenters. The molecule has 142 valence electrons. The molecule has 1 aromatic carbocycles. The van der Waals surface area contributed by atoms with Crippen molar-refractivity contribution < 1.29 is 13.6 Å². The van der Waals surface area contributed by atoms with Gasteiger partial charge >= 0.3 is 0 Å². The number of piperidine rings is 1. The minimum Gasteiger partial charge on any atom is -0.321 e. The monoisotopic (exact) mass is 407 g/mol. The van der Waals surface area contributed by atoms with Crippen LogP contribution >= 0.6 is 22.7 Å². The summed E-state index contributed by atoms with van der Waals surface area (Å²) in [6.07, 6.45) is 1.85. The molecule has 0 radical (unpaired) electrons. The zero-order valence-corrected chi connectivity index (χ0v) is 16.6. The topological polar surface area (TPSA) is 54.0 Å². The van der Waals surface area contributed by atoms with Crippen LogP contribution in [0, 0.1) is 18.6 Å². The van der Waals surface area contributed by atoms with Gasteiger partial charge < -0.3 is 10.6 Å². The van der Waals surface area contributed by atoms with E-state index < -0.39 is 17.5 Å². The summed E-state index contributed by atoms with van der Waals surface area (Å²) < 4.78 is 29.2. The van der Waals surface area contributed by atoms with Crippen molar-refractivity contribution in [2.45, 2.75) is 38.6 Å². The molecule has 8 heteroatoms. The van der Waals surface area contributed by atoms with Crippen LogP contribution < -0.4 is 10.6 Å². The molecular weight excluding hydrogens is 388 g/mol. The van der Waals surface area contributed by atoms with Crippen molar-refractivity contribution in [3.8, 4) is 0 Å². The third kappa shape index (κ3) is 3.74. The van der Waals surface area contributed by atoms with Gasteiger partial charge in [0.15, 0.2) is 5.82 Å². The number of benzene rings is 1. The molecule has 2 atom stereocenters. The van der Waals surface area contributed by atoms with Gasteiger partial charge in [0.1, 0.15) is 16.2 Å². The summed E-state index contributed by atoms with van der Waals surface area (Å²) in [5, 5.41) is 6.74. The molecule has 1 aliphatic rings. The van der Waals surface area contributed by atoms with Gasteiger partial charge in [0.25, 0.3) is 5.91 Å². The Morgan fingerprint density at radius 2 is 2.07 bits per heavy atom. The Labute approximate surface area is 163 Å². The summed E-state index contributed by atoms with van der Waals surface area (Å²) in [4.78, 5) is 17.6. The number of carbonyl (C=O) groups excluding carboxylic acids is 1. The third-order valence-electron chi connectivity index (χ3n) is 4.75. The molecule has 2 aromatic heterocycles. The first-order valence-electron chi connectivity index (χ1n) is 8.81. The molecular formula is C19H19F2N3OS2. The molecule has 4 rings (SSSR count). The Hall–Kier alpha value is -1.90. The van der Waals surface area contributed by atoms with E-state index in [0.717, 1.165) is 29.3 Å². The van der Waals surface area contributed by atoms with E-state index in [1.165, 1.54) is 34.8 Å². The van der Waals surface area contributed by atoms with E-state index in [0.29, 0.717) is 21.9 Å². The van der Waals surface area contributed by atoms with E-state index in [1.807, 2.05) is 0 Å². The van der Waals surface area contributed by atoms with Gasteiger partial charge in [0.05, 0.1) is 9.71 Å². The number of aromatic nitrogens is 1. The van der Waals surface area contributed by atoms with Crippen LogP contribution in [-0.2, 0) is 0 Å². The van der Waals surface area contributed by atoms with Crippen LogP contribution in [0.15, 0.2) is 18.2 Å². The number of nitrogens with zero attached hydrogens (tertiary/aromatic N) is 1. The summed E-state index contributed by atoms with van der Waals surface area (Å²) >= 11 is 2.54. The van der Waals surface area contributed by atoms with Crippen molar-refractivity contribution >= 4 is 44.5 Å². The highest BCUT2D eigenvalue weighted by Crippen LogP contribution is 2.35. The summed E-state index contributed by atoms with van der Waals surface area (Å²) in [5.74, 6) is -1.31. The van der Waals surface area contributed by atoms with E-state index in [-0.39, 0.29) is 10.8 Å². The van der Waals surface area contributed by atoms with Gasteiger partial charge in [-0.25, -0.2) is 13.8 Å². The zero-order valence-electron chi connectivity index (χ0n) is 14.9. The molecule has 3 heterocycles. The lowest BCUT2D eigenvalue weighted by molar-refractivity contribution is 0.102. The van der Waals surface area contributed by atoms with E-state index in [1.54, 1.807) is 13.0 Å². The molecule has 0 bridgehead atoms. The minimum absolute atomic E-state index is 0.0391. The van der Waals surface area contributed by atoms with Gasteiger partial charge in [-0.05, 0) is 57.4 Å². The van der Waals surface area contributed by atoms with Crippen molar-refractivity contribution in [2.75, 3.05) is 11.9 Å². The molecule has 0 aliphatic carbocycles. The van der Waals surface area contributed by atoms with Gasteiger partial charge in [-0.15, -0.1) is 22.7 Å². The van der Waals surface area contributed by atoms with Gasteiger partial charge in [0, 0.05) is 16.6 Å². The number of hydrogen-bond donors (Lipinski definition) is 2. The summed E-state index contributed by atoms with van der Waals surface area (Å²) in [7, 11) is 0. The minimum atomic E-state index is -0.550. The largest absolute Gasteiger partial charge is 0.321 e. The third-order valence-corrected chi connectivity index (χ3v) is 6.94. The smallest absolute Gasteiger partial charge is 0.268 e.